The molecule has 2 radical (unpaired) electrons. The summed E-state index contributed by atoms with van der Waals surface area (Å²) in [5.74, 6) is -0.0770. The zero-order valence-electron chi connectivity index (χ0n) is 35.4. The maximum absolute atomic E-state index is 10.6. The van der Waals surface area contributed by atoms with Crippen LogP contribution in [-0.2, 0) is 122 Å². The summed E-state index contributed by atoms with van der Waals surface area (Å²) in [5.41, 5.74) is 0. The summed E-state index contributed by atoms with van der Waals surface area (Å²) < 4.78 is 52.4. The predicted molar refractivity (Wildman–Crippen MR) is 216 cm³/mol. The second-order valence-corrected chi connectivity index (χ2v) is 10.6. The Morgan fingerprint density at radius 1 is 0.436 bits per heavy atom. The molecule has 0 unspecified atom stereocenters. The zero-order chi connectivity index (χ0) is 40.7. The van der Waals surface area contributed by atoms with Gasteiger partial charge < -0.3 is 85.7 Å². The summed E-state index contributed by atoms with van der Waals surface area (Å²) in [6.07, 6.45) is 4.20. The molecule has 14 nitrogen and oxygen atoms in total. The van der Waals surface area contributed by atoms with Crippen LogP contribution in [0.5, 0.6) is 0 Å². The molecular formula is C38H79BrN2O12Y2-4. The monoisotopic (exact) mass is 1010 g/mol. The molecule has 0 rings (SSSR count). The van der Waals surface area contributed by atoms with E-state index in [2.05, 4.69) is 61.2 Å². The first-order chi connectivity index (χ1) is 26.0. The standard InChI is InChI=1S/C17H34NO6.C11H23NO4.C6H12BrO2.2C2H5.2Y/c1-3-20-11-12-21-8-5-4-6-9-22-13-15-24-16-14-23-10-7-18-17(2)19;1-3-5-14-7-9-16-10-8-15-6-4-12-11(2)13;1-2-8-5-6-9-4-3-7;2*1-2;;/h1,3-16H2,2H3,(H,18,19);3-10H2,1-2H3,(H,12,13);1-6H2;2*1H2,2H3;;/q-1;;3*-1;;. The van der Waals surface area contributed by atoms with E-state index in [0.717, 1.165) is 57.4 Å². The van der Waals surface area contributed by atoms with Gasteiger partial charge >= 0.3 is 0 Å². The van der Waals surface area contributed by atoms with Crippen LogP contribution in [0.1, 0.15) is 60.3 Å². The van der Waals surface area contributed by atoms with Gasteiger partial charge in [-0.25, -0.2) is 0 Å². The van der Waals surface area contributed by atoms with Crippen molar-refractivity contribution in [3.05, 3.63) is 27.7 Å². The number of hydrogen-bond donors (Lipinski definition) is 2. The maximum atomic E-state index is 10.6. The first-order valence-corrected chi connectivity index (χ1v) is 19.9. The number of halogens is 1. The fourth-order valence-corrected chi connectivity index (χ4v) is 3.34. The van der Waals surface area contributed by atoms with Crippen molar-refractivity contribution in [2.24, 2.45) is 0 Å². The van der Waals surface area contributed by atoms with Crippen LogP contribution < -0.4 is 10.6 Å². The first kappa shape index (κ1) is 70.8. The van der Waals surface area contributed by atoms with Crippen LogP contribution in [0, 0.1) is 27.7 Å². The largest absolute Gasteiger partial charge is 0.411 e. The van der Waals surface area contributed by atoms with Crippen molar-refractivity contribution in [1.82, 2.24) is 10.6 Å². The minimum absolute atomic E-state index is 0. The number of carbonyl (C=O) groups excluding carboxylic acids is 2. The Morgan fingerprint density at radius 3 is 1.00 bits per heavy atom. The predicted octanol–water partition coefficient (Wildman–Crippen LogP) is 4.72. The first-order valence-electron chi connectivity index (χ1n) is 18.8. The Hall–Kier alpha value is 1.23. The molecule has 0 aliphatic carbocycles. The number of ether oxygens (including phenoxy) is 10. The Labute approximate surface area is 395 Å². The summed E-state index contributed by atoms with van der Waals surface area (Å²) in [7, 11) is 0. The van der Waals surface area contributed by atoms with Gasteiger partial charge in [-0.3, -0.25) is 9.59 Å². The van der Waals surface area contributed by atoms with E-state index in [9.17, 15) is 9.59 Å². The SMILES string of the molecule is CCCOCCOCCOCCNC(C)=O.[CH2-]C.[CH2-]C.[CH2-]COCCOCCBr.[CH2-]COCCOCCCCCOCCOCCOCCNC(C)=O.[Y].[Y]. The second kappa shape index (κ2) is 76.0. The van der Waals surface area contributed by atoms with E-state index in [0.29, 0.717) is 119 Å². The van der Waals surface area contributed by atoms with Gasteiger partial charge in [0, 0.05) is 118 Å². The normalized spacial score (nSPS) is 9.64. The Balaban J connectivity index is -0.000000128. The summed E-state index contributed by atoms with van der Waals surface area (Å²) in [6, 6.07) is 0. The van der Waals surface area contributed by atoms with Gasteiger partial charge in [0.1, 0.15) is 0 Å². The molecule has 0 fully saturated rings. The molecule has 0 saturated heterocycles. The van der Waals surface area contributed by atoms with Gasteiger partial charge in [-0.1, -0.05) is 36.1 Å². The Bertz CT molecular complexity index is 636. The summed E-state index contributed by atoms with van der Waals surface area (Å²) in [5, 5.41) is 6.19. The van der Waals surface area contributed by atoms with Gasteiger partial charge in [-0.05, 0) is 25.7 Å². The van der Waals surface area contributed by atoms with Crippen molar-refractivity contribution in [3.8, 4) is 0 Å². The second-order valence-electron chi connectivity index (χ2n) is 9.84. The van der Waals surface area contributed by atoms with Gasteiger partial charge in [0.15, 0.2) is 0 Å². The third-order valence-electron chi connectivity index (χ3n) is 5.41. The van der Waals surface area contributed by atoms with Crippen LogP contribution in [0.25, 0.3) is 0 Å². The number of rotatable bonds is 36. The number of unbranched alkanes of at least 4 members (excludes halogenated alkanes) is 2. The molecular weight excluding hydrogens is 934 g/mol. The van der Waals surface area contributed by atoms with Crippen LogP contribution in [0.2, 0.25) is 0 Å². The van der Waals surface area contributed by atoms with Crippen molar-refractivity contribution in [2.75, 3.05) is 151 Å². The summed E-state index contributed by atoms with van der Waals surface area (Å²) in [6.45, 7) is 35.5. The fourth-order valence-electron chi connectivity index (χ4n) is 3.11. The molecule has 55 heavy (non-hydrogen) atoms. The van der Waals surface area contributed by atoms with Crippen molar-refractivity contribution in [2.45, 2.75) is 60.3 Å². The molecule has 0 aromatic carbocycles. The molecule has 2 amide bonds. The molecule has 0 aromatic rings. The molecule has 0 aromatic heterocycles. The maximum Gasteiger partial charge on any atom is 0.216 e. The number of carbonyl (C=O) groups is 2. The van der Waals surface area contributed by atoms with Crippen molar-refractivity contribution in [1.29, 1.82) is 0 Å². The molecule has 0 aliphatic rings. The van der Waals surface area contributed by atoms with Crippen LogP contribution in [0.3, 0.4) is 0 Å². The number of nitrogens with one attached hydrogen (secondary N) is 2. The van der Waals surface area contributed by atoms with Gasteiger partial charge in [-0.2, -0.15) is 13.8 Å². The quantitative estimate of drug-likeness (QED) is 0.0509. The third kappa shape index (κ3) is 92.1. The molecule has 0 bridgehead atoms. The third-order valence-corrected chi connectivity index (χ3v) is 5.73. The van der Waals surface area contributed by atoms with Gasteiger partial charge in [0.05, 0.1) is 99.1 Å². The molecule has 0 spiro atoms. The summed E-state index contributed by atoms with van der Waals surface area (Å²) in [4.78, 5) is 21.1. The molecule has 2 N–H and O–H groups in total. The minimum Gasteiger partial charge on any atom is -0.411 e. The van der Waals surface area contributed by atoms with E-state index >= 15 is 0 Å². The smallest absolute Gasteiger partial charge is 0.216 e. The van der Waals surface area contributed by atoms with Crippen molar-refractivity contribution >= 4 is 27.7 Å². The number of amides is 2. The zero-order valence-corrected chi connectivity index (χ0v) is 42.6. The molecule has 0 atom stereocenters. The average molecular weight is 1010 g/mol. The Kier molecular flexibility index (Phi) is 97.8. The van der Waals surface area contributed by atoms with Crippen molar-refractivity contribution < 1.29 is 122 Å². The van der Waals surface area contributed by atoms with Crippen LogP contribution >= 0.6 is 15.9 Å². The molecule has 0 heterocycles. The number of hydrogen-bond acceptors (Lipinski definition) is 12. The average Bonchev–Trinajstić information content (AvgIpc) is 3.16. The molecule has 0 aliphatic heterocycles. The van der Waals surface area contributed by atoms with Crippen LogP contribution in [-0.4, -0.2) is 162 Å². The van der Waals surface area contributed by atoms with E-state index in [4.69, 9.17) is 47.4 Å². The fraction of sp³-hybridized carbons (Fsp3) is 0.842. The van der Waals surface area contributed by atoms with E-state index in [1.165, 1.54) is 13.8 Å². The van der Waals surface area contributed by atoms with E-state index in [1.807, 2.05) is 0 Å². The topological polar surface area (TPSA) is 150 Å². The van der Waals surface area contributed by atoms with Gasteiger partial charge in [0.25, 0.3) is 0 Å². The Morgan fingerprint density at radius 2 is 0.709 bits per heavy atom. The molecule has 330 valence electrons. The number of alkyl halides is 1. The van der Waals surface area contributed by atoms with Gasteiger partial charge in [0.2, 0.25) is 11.8 Å². The van der Waals surface area contributed by atoms with E-state index in [1.54, 1.807) is 13.8 Å². The minimum atomic E-state index is -0.0427. The molecule has 0 saturated carbocycles. The van der Waals surface area contributed by atoms with Crippen molar-refractivity contribution in [3.63, 3.8) is 0 Å². The van der Waals surface area contributed by atoms with Crippen LogP contribution in [0.15, 0.2) is 0 Å². The summed E-state index contributed by atoms with van der Waals surface area (Å²) >= 11 is 3.24. The van der Waals surface area contributed by atoms with Gasteiger partial charge in [-0.15, -0.1) is 0 Å². The van der Waals surface area contributed by atoms with E-state index in [-0.39, 0.29) is 77.2 Å². The van der Waals surface area contributed by atoms with Crippen LogP contribution in [0.4, 0.5) is 0 Å². The molecule has 17 heteroatoms. The van der Waals surface area contributed by atoms with E-state index < -0.39 is 0 Å².